The molecule has 2 rings (SSSR count). The van der Waals surface area contributed by atoms with Crippen molar-refractivity contribution in [2.24, 2.45) is 11.7 Å². The molecule has 3 amide bonds. The van der Waals surface area contributed by atoms with E-state index in [1.54, 1.807) is 95.3 Å². The number of hydrogen-bond acceptors (Lipinski definition) is 9. The van der Waals surface area contributed by atoms with E-state index in [9.17, 15) is 32.7 Å². The Hall–Kier alpha value is -4.05. The lowest BCUT2D eigenvalue weighted by molar-refractivity contribution is -0.161. The number of nitrogens with two attached hydrogens (primary N) is 1. The monoisotopic (exact) mass is 705 g/mol. The van der Waals surface area contributed by atoms with Gasteiger partial charge in [-0.05, 0) is 58.1 Å². The van der Waals surface area contributed by atoms with Crippen LogP contribution in [-0.4, -0.2) is 84.1 Å². The summed E-state index contributed by atoms with van der Waals surface area (Å²) in [6, 6.07) is 15.1. The number of primary amides is 1. The Balaban J connectivity index is 2.32. The molecule has 0 aromatic heterocycles. The average Bonchev–Trinajstić information content (AvgIpc) is 2.98. The van der Waals surface area contributed by atoms with Gasteiger partial charge in [0.1, 0.15) is 23.8 Å². The largest absolute Gasteiger partial charge is 0.459 e. The molecule has 0 saturated heterocycles. The Morgan fingerprint density at radius 3 is 1.94 bits per heavy atom. The van der Waals surface area contributed by atoms with Crippen molar-refractivity contribution in [3.8, 4) is 0 Å². The summed E-state index contributed by atoms with van der Waals surface area (Å²) >= 11 is 0. The fourth-order valence-electron chi connectivity index (χ4n) is 4.60. The highest BCUT2D eigenvalue weighted by Crippen LogP contribution is 2.18. The molecular weight excluding hydrogens is 654 g/mol. The maximum absolute atomic E-state index is 13.7. The predicted molar refractivity (Wildman–Crippen MR) is 184 cm³/mol. The Morgan fingerprint density at radius 2 is 1.43 bits per heavy atom. The second kappa shape index (κ2) is 18.1. The number of rotatable bonds is 18. The number of esters is 1. The summed E-state index contributed by atoms with van der Waals surface area (Å²) in [5.74, 6) is -2.71. The fraction of sp³-hybridized carbons (Fsp3) is 0.529. The average molecular weight is 706 g/mol. The van der Waals surface area contributed by atoms with Gasteiger partial charge in [-0.3, -0.25) is 14.4 Å². The van der Waals surface area contributed by atoms with Gasteiger partial charge in [0.15, 0.2) is 0 Å². The van der Waals surface area contributed by atoms with Gasteiger partial charge in [-0.1, -0.05) is 74.5 Å². The highest BCUT2D eigenvalue weighted by atomic mass is 32.2. The van der Waals surface area contributed by atoms with E-state index in [4.69, 9.17) is 15.2 Å². The standard InChI is InChI=1S/C34H51N5O9S/c1-23(2)20-39(49(45,46)38-34(6,7)31(43)48-33(3,4)5)21-28(40)26(18-24-14-10-8-11-15-24)36-30(42)27(19-29(35)41)37-32(44)47-22-25-16-12-9-13-17-25/h8-17,23,26-28,38,40H,18-22H2,1-7H3,(H2,35,41)(H,36,42)(H,37,44)/t26-,27-,28+/m0/s1. The Labute approximate surface area is 289 Å². The first-order valence-electron chi connectivity index (χ1n) is 16.0. The zero-order chi connectivity index (χ0) is 37.0. The molecule has 6 N–H and O–H groups in total. The lowest BCUT2D eigenvalue weighted by atomic mass is 10.00. The number of nitrogens with zero attached hydrogens (tertiary/aromatic N) is 1. The van der Waals surface area contributed by atoms with Gasteiger partial charge >= 0.3 is 12.1 Å². The number of aliphatic hydroxyl groups is 1. The number of carbonyl (C=O) groups is 4. The number of hydrogen-bond donors (Lipinski definition) is 5. The molecule has 0 aliphatic heterocycles. The summed E-state index contributed by atoms with van der Waals surface area (Å²) in [6.45, 7) is 10.7. The minimum atomic E-state index is -4.41. The molecule has 0 spiro atoms. The van der Waals surface area contributed by atoms with Crippen molar-refractivity contribution in [3.63, 3.8) is 0 Å². The lowest BCUT2D eigenvalue weighted by Gasteiger charge is -2.34. The molecule has 0 heterocycles. The predicted octanol–water partition coefficient (Wildman–Crippen LogP) is 2.16. The van der Waals surface area contributed by atoms with E-state index in [0.29, 0.717) is 11.1 Å². The van der Waals surface area contributed by atoms with Gasteiger partial charge < -0.3 is 30.9 Å². The van der Waals surface area contributed by atoms with Crippen molar-refractivity contribution in [1.82, 2.24) is 19.7 Å². The van der Waals surface area contributed by atoms with Gasteiger partial charge in [0.05, 0.1) is 18.6 Å². The van der Waals surface area contributed by atoms with Gasteiger partial charge in [-0.2, -0.15) is 17.4 Å². The van der Waals surface area contributed by atoms with Crippen LogP contribution in [0, 0.1) is 5.92 Å². The van der Waals surface area contributed by atoms with Crippen LogP contribution in [0.4, 0.5) is 4.79 Å². The van der Waals surface area contributed by atoms with E-state index in [1.165, 1.54) is 13.8 Å². The van der Waals surface area contributed by atoms with Gasteiger partial charge in [0.25, 0.3) is 10.2 Å². The number of nitrogens with one attached hydrogen (secondary N) is 3. The van der Waals surface area contributed by atoms with E-state index >= 15 is 0 Å². The first-order valence-corrected chi connectivity index (χ1v) is 17.4. The van der Waals surface area contributed by atoms with Crippen LogP contribution in [-0.2, 0) is 47.1 Å². The van der Waals surface area contributed by atoms with E-state index < -0.39 is 76.4 Å². The summed E-state index contributed by atoms with van der Waals surface area (Å²) < 4.78 is 41.4. The van der Waals surface area contributed by atoms with Gasteiger partial charge in [-0.25, -0.2) is 4.79 Å². The van der Waals surface area contributed by atoms with Crippen molar-refractivity contribution in [2.75, 3.05) is 13.1 Å². The quantitative estimate of drug-likeness (QED) is 0.144. The van der Waals surface area contributed by atoms with Crippen molar-refractivity contribution in [1.29, 1.82) is 0 Å². The molecule has 2 aromatic rings. The highest BCUT2D eigenvalue weighted by molar-refractivity contribution is 7.87. The molecule has 2 aromatic carbocycles. The summed E-state index contributed by atoms with van der Waals surface area (Å²) in [5.41, 5.74) is 4.26. The second-order valence-electron chi connectivity index (χ2n) is 13.7. The minimum Gasteiger partial charge on any atom is -0.459 e. The molecule has 0 fully saturated rings. The number of carbonyl (C=O) groups excluding carboxylic acids is 4. The molecule has 3 atom stereocenters. The maximum atomic E-state index is 13.7. The van der Waals surface area contributed by atoms with Crippen LogP contribution in [0.15, 0.2) is 60.7 Å². The molecule has 0 saturated carbocycles. The topological polar surface area (TPSA) is 206 Å². The first kappa shape index (κ1) is 41.1. The zero-order valence-corrected chi connectivity index (χ0v) is 30.1. The van der Waals surface area contributed by atoms with Crippen LogP contribution in [0.2, 0.25) is 0 Å². The van der Waals surface area contributed by atoms with Crippen molar-refractivity contribution in [3.05, 3.63) is 71.8 Å². The number of amides is 3. The van der Waals surface area contributed by atoms with Crippen molar-refractivity contribution >= 4 is 34.1 Å². The second-order valence-corrected chi connectivity index (χ2v) is 15.4. The Bertz CT molecular complexity index is 1500. The SMILES string of the molecule is CC(C)CN(C[C@@H](O)[C@H](Cc1ccccc1)NC(=O)[C@H](CC(N)=O)NC(=O)OCc1ccccc1)S(=O)(=O)NC(C)(C)C(=O)OC(C)(C)C. The Morgan fingerprint density at radius 1 is 0.878 bits per heavy atom. The third-order valence-electron chi connectivity index (χ3n) is 6.91. The van der Waals surface area contributed by atoms with E-state index in [0.717, 1.165) is 4.31 Å². The zero-order valence-electron chi connectivity index (χ0n) is 29.3. The number of aliphatic hydroxyl groups excluding tert-OH is 1. The summed E-state index contributed by atoms with van der Waals surface area (Å²) in [7, 11) is -4.41. The fourth-order valence-corrected chi connectivity index (χ4v) is 6.30. The normalized spacial score (nSPS) is 14.1. The molecule has 0 bridgehead atoms. The molecular formula is C34H51N5O9S. The maximum Gasteiger partial charge on any atom is 0.408 e. The van der Waals surface area contributed by atoms with Gasteiger partial charge in [0, 0.05) is 13.1 Å². The highest BCUT2D eigenvalue weighted by Gasteiger charge is 2.40. The van der Waals surface area contributed by atoms with Gasteiger partial charge in [-0.15, -0.1) is 0 Å². The first-order chi connectivity index (χ1) is 22.7. The summed E-state index contributed by atoms with van der Waals surface area (Å²) in [6.07, 6.45) is -2.98. The smallest absolute Gasteiger partial charge is 0.408 e. The molecule has 0 aliphatic rings. The van der Waals surface area contributed by atoms with Crippen LogP contribution in [0.1, 0.15) is 66.0 Å². The van der Waals surface area contributed by atoms with Crippen molar-refractivity contribution < 1.29 is 42.2 Å². The Kier molecular flexibility index (Phi) is 15.2. The molecule has 15 heteroatoms. The molecule has 49 heavy (non-hydrogen) atoms. The van der Waals surface area contributed by atoms with Crippen LogP contribution in [0.3, 0.4) is 0 Å². The minimum absolute atomic E-state index is 0.0398. The van der Waals surface area contributed by atoms with Crippen LogP contribution in [0.25, 0.3) is 0 Å². The lowest BCUT2D eigenvalue weighted by Crippen LogP contribution is -2.59. The molecule has 0 unspecified atom stereocenters. The van der Waals surface area contributed by atoms with Crippen LogP contribution in [0.5, 0.6) is 0 Å². The van der Waals surface area contributed by atoms with E-state index in [-0.39, 0.29) is 25.5 Å². The molecule has 272 valence electrons. The summed E-state index contributed by atoms with van der Waals surface area (Å²) in [4.78, 5) is 50.8. The molecule has 14 nitrogen and oxygen atoms in total. The van der Waals surface area contributed by atoms with Gasteiger partial charge in [0.2, 0.25) is 11.8 Å². The third-order valence-corrected chi connectivity index (χ3v) is 8.66. The number of alkyl carbamates (subject to hydrolysis) is 1. The van der Waals surface area contributed by atoms with Crippen LogP contribution < -0.4 is 21.1 Å². The molecule has 0 aliphatic carbocycles. The van der Waals surface area contributed by atoms with Crippen molar-refractivity contribution in [2.45, 2.75) is 97.2 Å². The van der Waals surface area contributed by atoms with Crippen LogP contribution >= 0.6 is 0 Å². The molecule has 0 radical (unpaired) electrons. The number of benzene rings is 2. The third kappa shape index (κ3) is 14.9. The summed E-state index contributed by atoms with van der Waals surface area (Å²) in [5, 5.41) is 16.6. The van der Waals surface area contributed by atoms with E-state index in [1.807, 2.05) is 0 Å². The van der Waals surface area contributed by atoms with E-state index in [2.05, 4.69) is 15.4 Å². The number of ether oxygens (including phenoxy) is 2.